The van der Waals surface area contributed by atoms with Crippen molar-refractivity contribution in [3.8, 4) is 0 Å². The maximum Gasteiger partial charge on any atom is 0.220 e. The van der Waals surface area contributed by atoms with Gasteiger partial charge in [0.2, 0.25) is 5.95 Å². The van der Waals surface area contributed by atoms with Crippen LogP contribution in [0.5, 0.6) is 0 Å². The van der Waals surface area contributed by atoms with Gasteiger partial charge in [-0.2, -0.15) is 0 Å². The Hall–Kier alpha value is -1.16. The summed E-state index contributed by atoms with van der Waals surface area (Å²) in [5, 5.41) is 3.38. The Balaban J connectivity index is 1.81. The van der Waals surface area contributed by atoms with Crippen molar-refractivity contribution >= 4 is 5.95 Å². The number of nitrogens with zero attached hydrogens (tertiary/aromatic N) is 2. The second kappa shape index (κ2) is 5.07. The molecule has 0 radical (unpaired) electrons. The molecule has 1 aromatic heterocycles. The molecule has 1 aliphatic heterocycles. The van der Waals surface area contributed by atoms with Gasteiger partial charge >= 0.3 is 0 Å². The van der Waals surface area contributed by atoms with Gasteiger partial charge in [-0.05, 0) is 50.8 Å². The molecule has 0 saturated carbocycles. The fourth-order valence-electron chi connectivity index (χ4n) is 2.07. The van der Waals surface area contributed by atoms with Gasteiger partial charge in [-0.25, -0.2) is 9.97 Å². The van der Waals surface area contributed by atoms with E-state index in [0.717, 1.165) is 31.1 Å². The van der Waals surface area contributed by atoms with Gasteiger partial charge in [-0.1, -0.05) is 0 Å². The number of nitrogens with two attached hydrogens (primary N) is 1. The van der Waals surface area contributed by atoms with Gasteiger partial charge in [-0.15, -0.1) is 0 Å². The maximum atomic E-state index is 5.54. The third-order valence-corrected chi connectivity index (χ3v) is 3.00. The third kappa shape index (κ3) is 3.16. The lowest BCUT2D eigenvalue weighted by atomic mass is 9.92. The molecule has 15 heavy (non-hydrogen) atoms. The predicted octanol–water partition coefficient (Wildman–Crippen LogP) is 0.991. The van der Waals surface area contributed by atoms with Crippen LogP contribution in [-0.4, -0.2) is 23.1 Å². The van der Waals surface area contributed by atoms with Gasteiger partial charge in [0.15, 0.2) is 0 Å². The average Bonchev–Trinajstić information content (AvgIpc) is 2.28. The number of anilines is 1. The Morgan fingerprint density at radius 3 is 2.93 bits per heavy atom. The highest BCUT2D eigenvalue weighted by Crippen LogP contribution is 2.17. The van der Waals surface area contributed by atoms with Gasteiger partial charge in [0, 0.05) is 11.9 Å². The van der Waals surface area contributed by atoms with Crippen LogP contribution < -0.4 is 11.1 Å². The van der Waals surface area contributed by atoms with Gasteiger partial charge in [0.25, 0.3) is 0 Å². The first-order valence-electron chi connectivity index (χ1n) is 5.63. The minimum Gasteiger partial charge on any atom is -0.368 e. The molecule has 0 bridgehead atoms. The largest absolute Gasteiger partial charge is 0.368 e. The van der Waals surface area contributed by atoms with E-state index in [4.69, 9.17) is 5.73 Å². The van der Waals surface area contributed by atoms with Gasteiger partial charge in [-0.3, -0.25) is 0 Å². The number of nitrogen functional groups attached to an aromatic ring is 1. The van der Waals surface area contributed by atoms with Crippen LogP contribution in [-0.2, 0) is 6.42 Å². The number of aryl methyl sites for hydroxylation is 1. The summed E-state index contributed by atoms with van der Waals surface area (Å²) in [4.78, 5) is 8.10. The number of nitrogens with one attached hydrogen (secondary N) is 1. The minimum atomic E-state index is 0.387. The highest BCUT2D eigenvalue weighted by Gasteiger charge is 2.12. The lowest BCUT2D eigenvalue weighted by molar-refractivity contribution is 0.353. The number of aromatic nitrogens is 2. The first-order chi connectivity index (χ1) is 7.34. The van der Waals surface area contributed by atoms with Gasteiger partial charge in [0.05, 0.1) is 0 Å². The fraction of sp³-hybridized carbons (Fsp3) is 0.636. The molecule has 1 aromatic rings. The van der Waals surface area contributed by atoms with E-state index < -0.39 is 0 Å². The molecule has 82 valence electrons. The van der Waals surface area contributed by atoms with Crippen LogP contribution in [0.1, 0.15) is 25.0 Å². The fourth-order valence-corrected chi connectivity index (χ4v) is 2.07. The van der Waals surface area contributed by atoms with Crippen LogP contribution in [0, 0.1) is 5.92 Å². The van der Waals surface area contributed by atoms with Crippen LogP contribution in [0.15, 0.2) is 12.3 Å². The van der Waals surface area contributed by atoms with E-state index in [-0.39, 0.29) is 0 Å². The quantitative estimate of drug-likeness (QED) is 0.774. The SMILES string of the molecule is Nc1nccc(CCC2CCNCC2)n1. The zero-order valence-electron chi connectivity index (χ0n) is 8.95. The second-order valence-electron chi connectivity index (χ2n) is 4.14. The summed E-state index contributed by atoms with van der Waals surface area (Å²) in [7, 11) is 0. The third-order valence-electron chi connectivity index (χ3n) is 3.00. The molecule has 0 unspecified atom stereocenters. The van der Waals surface area contributed by atoms with Crippen LogP contribution in [0.2, 0.25) is 0 Å². The summed E-state index contributed by atoms with van der Waals surface area (Å²) in [5.74, 6) is 1.24. The number of hydrogen-bond donors (Lipinski definition) is 2. The van der Waals surface area contributed by atoms with Crippen LogP contribution in [0.25, 0.3) is 0 Å². The van der Waals surface area contributed by atoms with Crippen LogP contribution in [0.4, 0.5) is 5.95 Å². The number of rotatable bonds is 3. The molecule has 4 nitrogen and oxygen atoms in total. The van der Waals surface area contributed by atoms with Crippen molar-refractivity contribution in [3.05, 3.63) is 18.0 Å². The molecule has 2 heterocycles. The molecular weight excluding hydrogens is 188 g/mol. The zero-order chi connectivity index (χ0) is 10.5. The smallest absolute Gasteiger partial charge is 0.220 e. The molecule has 1 fully saturated rings. The van der Waals surface area contributed by atoms with Crippen molar-refractivity contribution < 1.29 is 0 Å². The van der Waals surface area contributed by atoms with Crippen molar-refractivity contribution in [1.82, 2.24) is 15.3 Å². The molecule has 0 spiro atoms. The van der Waals surface area contributed by atoms with Crippen molar-refractivity contribution in [1.29, 1.82) is 0 Å². The van der Waals surface area contributed by atoms with E-state index in [0.29, 0.717) is 5.95 Å². The number of hydrogen-bond acceptors (Lipinski definition) is 4. The number of piperidine rings is 1. The molecule has 3 N–H and O–H groups in total. The Morgan fingerprint density at radius 2 is 2.20 bits per heavy atom. The van der Waals surface area contributed by atoms with E-state index >= 15 is 0 Å². The second-order valence-corrected chi connectivity index (χ2v) is 4.14. The summed E-state index contributed by atoms with van der Waals surface area (Å²) in [6, 6.07) is 1.96. The van der Waals surface area contributed by atoms with Gasteiger partial charge < -0.3 is 11.1 Å². The summed E-state index contributed by atoms with van der Waals surface area (Å²) in [6.45, 7) is 2.33. The molecule has 1 saturated heterocycles. The molecule has 1 aliphatic rings. The van der Waals surface area contributed by atoms with Gasteiger partial charge in [0.1, 0.15) is 0 Å². The van der Waals surface area contributed by atoms with Crippen molar-refractivity contribution in [3.63, 3.8) is 0 Å². The highest BCUT2D eigenvalue weighted by atomic mass is 15.0. The Bertz CT molecular complexity index is 307. The summed E-state index contributed by atoms with van der Waals surface area (Å²) >= 11 is 0. The zero-order valence-corrected chi connectivity index (χ0v) is 8.95. The van der Waals surface area contributed by atoms with E-state index in [1.54, 1.807) is 6.20 Å². The Morgan fingerprint density at radius 1 is 1.40 bits per heavy atom. The van der Waals surface area contributed by atoms with Crippen molar-refractivity contribution in [2.45, 2.75) is 25.7 Å². The summed E-state index contributed by atoms with van der Waals surface area (Å²) in [5.41, 5.74) is 6.61. The van der Waals surface area contributed by atoms with Crippen molar-refractivity contribution in [2.75, 3.05) is 18.8 Å². The molecule has 0 aromatic carbocycles. The lowest BCUT2D eigenvalue weighted by Crippen LogP contribution is -2.27. The molecule has 0 aliphatic carbocycles. The monoisotopic (exact) mass is 206 g/mol. The van der Waals surface area contributed by atoms with Crippen molar-refractivity contribution in [2.24, 2.45) is 5.92 Å². The molecular formula is C11H18N4. The first kappa shape index (κ1) is 10.4. The van der Waals surface area contributed by atoms with Crippen LogP contribution >= 0.6 is 0 Å². The average molecular weight is 206 g/mol. The first-order valence-corrected chi connectivity index (χ1v) is 5.63. The molecule has 4 heteroatoms. The normalized spacial score (nSPS) is 17.9. The highest BCUT2D eigenvalue weighted by molar-refractivity contribution is 5.17. The standard InChI is InChI=1S/C11H18N4/c12-11-14-8-5-10(15-11)2-1-9-3-6-13-7-4-9/h5,8-9,13H,1-4,6-7H2,(H2,12,14,15). The van der Waals surface area contributed by atoms with E-state index in [2.05, 4.69) is 15.3 Å². The van der Waals surface area contributed by atoms with E-state index in [1.807, 2.05) is 6.07 Å². The maximum absolute atomic E-state index is 5.54. The molecule has 2 rings (SSSR count). The topological polar surface area (TPSA) is 63.8 Å². The Kier molecular flexibility index (Phi) is 3.50. The molecule has 0 amide bonds. The lowest BCUT2D eigenvalue weighted by Gasteiger charge is -2.22. The summed E-state index contributed by atoms with van der Waals surface area (Å²) in [6.07, 6.45) is 6.57. The Labute approximate surface area is 90.3 Å². The van der Waals surface area contributed by atoms with E-state index in [9.17, 15) is 0 Å². The van der Waals surface area contributed by atoms with E-state index in [1.165, 1.54) is 19.3 Å². The minimum absolute atomic E-state index is 0.387. The van der Waals surface area contributed by atoms with Crippen LogP contribution in [0.3, 0.4) is 0 Å². The summed E-state index contributed by atoms with van der Waals surface area (Å²) < 4.78 is 0. The molecule has 0 atom stereocenters. The predicted molar refractivity (Wildman–Crippen MR) is 60.4 cm³/mol.